The van der Waals surface area contributed by atoms with Gasteiger partial charge < -0.3 is 15.0 Å². The highest BCUT2D eigenvalue weighted by Crippen LogP contribution is 2.20. The predicted molar refractivity (Wildman–Crippen MR) is 98.9 cm³/mol. The van der Waals surface area contributed by atoms with Gasteiger partial charge in [0.15, 0.2) is 0 Å². The maximum atomic E-state index is 12.7. The summed E-state index contributed by atoms with van der Waals surface area (Å²) in [6, 6.07) is 7.59. The number of carbonyl (C=O) groups excluding carboxylic acids is 2. The molecule has 24 heavy (non-hydrogen) atoms. The van der Waals surface area contributed by atoms with Gasteiger partial charge in [0.2, 0.25) is 0 Å². The van der Waals surface area contributed by atoms with Gasteiger partial charge in [-0.3, -0.25) is 0 Å². The number of hydrogen-bond acceptors (Lipinski definition) is 2. The Morgan fingerprint density at radius 1 is 1.25 bits per heavy atom. The SMILES string of the molecule is CCC[C@@H](C)C[C@@H](C)N(Cc1ccccc1C)C(=O)NC(C)C=O. The number of urea groups is 1. The lowest BCUT2D eigenvalue weighted by Gasteiger charge is -2.32. The van der Waals surface area contributed by atoms with E-state index in [4.69, 9.17) is 0 Å². The van der Waals surface area contributed by atoms with Gasteiger partial charge >= 0.3 is 6.03 Å². The summed E-state index contributed by atoms with van der Waals surface area (Å²) in [6.45, 7) is 10.8. The van der Waals surface area contributed by atoms with Crippen molar-refractivity contribution in [1.82, 2.24) is 10.2 Å². The fourth-order valence-electron chi connectivity index (χ4n) is 3.03. The third kappa shape index (κ3) is 6.34. The van der Waals surface area contributed by atoms with Crippen LogP contribution in [0.15, 0.2) is 24.3 Å². The zero-order chi connectivity index (χ0) is 18.1. The van der Waals surface area contributed by atoms with Crippen LogP contribution in [0.3, 0.4) is 0 Å². The molecule has 1 rings (SSSR count). The van der Waals surface area contributed by atoms with E-state index in [9.17, 15) is 9.59 Å². The van der Waals surface area contributed by atoms with Crippen molar-refractivity contribution in [1.29, 1.82) is 0 Å². The molecule has 0 bridgehead atoms. The molecule has 0 aliphatic carbocycles. The largest absolute Gasteiger partial charge is 0.329 e. The van der Waals surface area contributed by atoms with Gasteiger partial charge in [-0.1, -0.05) is 51.0 Å². The van der Waals surface area contributed by atoms with Gasteiger partial charge in [0.25, 0.3) is 0 Å². The molecule has 1 aromatic carbocycles. The molecule has 0 radical (unpaired) electrons. The molecular weight excluding hydrogens is 300 g/mol. The van der Waals surface area contributed by atoms with Crippen molar-refractivity contribution in [3.63, 3.8) is 0 Å². The third-order valence-electron chi connectivity index (χ3n) is 4.48. The molecule has 4 nitrogen and oxygen atoms in total. The van der Waals surface area contributed by atoms with E-state index in [1.165, 1.54) is 5.56 Å². The number of aldehydes is 1. The first-order valence-corrected chi connectivity index (χ1v) is 8.95. The third-order valence-corrected chi connectivity index (χ3v) is 4.48. The van der Waals surface area contributed by atoms with Gasteiger partial charge in [0.1, 0.15) is 6.29 Å². The summed E-state index contributed by atoms with van der Waals surface area (Å²) in [5.74, 6) is 0.570. The Morgan fingerprint density at radius 3 is 2.50 bits per heavy atom. The minimum absolute atomic E-state index is 0.116. The number of nitrogens with zero attached hydrogens (tertiary/aromatic N) is 1. The molecule has 0 aliphatic rings. The van der Waals surface area contributed by atoms with Gasteiger partial charge in [0, 0.05) is 12.6 Å². The van der Waals surface area contributed by atoms with Crippen LogP contribution in [-0.2, 0) is 11.3 Å². The topological polar surface area (TPSA) is 49.4 Å². The lowest BCUT2D eigenvalue weighted by Crippen LogP contribution is -2.48. The lowest BCUT2D eigenvalue weighted by atomic mass is 9.97. The highest BCUT2D eigenvalue weighted by molar-refractivity contribution is 5.78. The zero-order valence-electron chi connectivity index (χ0n) is 15.7. The number of nitrogens with one attached hydrogen (secondary N) is 1. The van der Waals surface area contributed by atoms with Crippen LogP contribution in [0.5, 0.6) is 0 Å². The van der Waals surface area contributed by atoms with Crippen molar-refractivity contribution in [2.24, 2.45) is 5.92 Å². The second-order valence-electron chi connectivity index (χ2n) is 6.91. The average Bonchev–Trinajstić information content (AvgIpc) is 2.53. The van der Waals surface area contributed by atoms with Gasteiger partial charge in [0.05, 0.1) is 6.04 Å². The molecule has 3 atom stereocenters. The maximum absolute atomic E-state index is 12.7. The first-order valence-electron chi connectivity index (χ1n) is 8.95. The van der Waals surface area contributed by atoms with E-state index in [0.717, 1.165) is 31.1 Å². The summed E-state index contributed by atoms with van der Waals surface area (Å²) in [6.07, 6.45) is 4.03. The van der Waals surface area contributed by atoms with E-state index in [1.807, 2.05) is 17.0 Å². The van der Waals surface area contributed by atoms with Crippen LogP contribution in [0.4, 0.5) is 4.79 Å². The monoisotopic (exact) mass is 332 g/mol. The van der Waals surface area contributed by atoms with E-state index in [-0.39, 0.29) is 12.1 Å². The molecule has 0 aromatic heterocycles. The number of aryl methyl sites for hydroxylation is 1. The summed E-state index contributed by atoms with van der Waals surface area (Å²) in [5, 5.41) is 2.77. The standard InChI is InChI=1S/C20H32N2O2/c1-6-9-15(2)12-18(5)22(20(24)21-17(4)14-23)13-19-11-8-7-10-16(19)3/h7-8,10-11,14-15,17-18H,6,9,12-13H2,1-5H3,(H,21,24)/t15-,17?,18-/m1/s1. The predicted octanol–water partition coefficient (Wildman–Crippen LogP) is 4.31. The van der Waals surface area contributed by atoms with Crippen LogP contribution in [0.1, 0.15) is 58.1 Å². The number of rotatable bonds is 9. The minimum Gasteiger partial charge on any atom is -0.329 e. The van der Waals surface area contributed by atoms with Crippen molar-refractivity contribution in [3.05, 3.63) is 35.4 Å². The van der Waals surface area contributed by atoms with Crippen LogP contribution >= 0.6 is 0 Å². The number of carbonyl (C=O) groups is 2. The summed E-state index contributed by atoms with van der Waals surface area (Å²) in [4.78, 5) is 25.4. The molecule has 134 valence electrons. The maximum Gasteiger partial charge on any atom is 0.318 e. The fraction of sp³-hybridized carbons (Fsp3) is 0.600. The molecule has 1 unspecified atom stereocenters. The molecule has 0 heterocycles. The van der Waals surface area contributed by atoms with Gasteiger partial charge in [-0.05, 0) is 44.2 Å². The summed E-state index contributed by atoms with van der Waals surface area (Å²) in [7, 11) is 0. The summed E-state index contributed by atoms with van der Waals surface area (Å²) in [5.41, 5.74) is 2.31. The lowest BCUT2D eigenvalue weighted by molar-refractivity contribution is -0.109. The van der Waals surface area contributed by atoms with E-state index in [0.29, 0.717) is 12.5 Å². The Hall–Kier alpha value is -1.84. The number of hydrogen-bond donors (Lipinski definition) is 1. The zero-order valence-corrected chi connectivity index (χ0v) is 15.7. The Bertz CT molecular complexity index is 530. The van der Waals surface area contributed by atoms with E-state index >= 15 is 0 Å². The molecule has 1 N–H and O–H groups in total. The fourth-order valence-corrected chi connectivity index (χ4v) is 3.03. The second kappa shape index (κ2) is 10.1. The molecule has 0 fully saturated rings. The average molecular weight is 332 g/mol. The molecule has 0 aliphatic heterocycles. The smallest absolute Gasteiger partial charge is 0.318 e. The highest BCUT2D eigenvalue weighted by atomic mass is 16.2. The number of amides is 2. The molecule has 0 saturated heterocycles. The highest BCUT2D eigenvalue weighted by Gasteiger charge is 2.23. The van der Waals surface area contributed by atoms with Crippen molar-refractivity contribution < 1.29 is 9.59 Å². The Morgan fingerprint density at radius 2 is 1.92 bits per heavy atom. The Kier molecular flexibility index (Phi) is 8.51. The molecular formula is C20H32N2O2. The Balaban J connectivity index is 2.91. The van der Waals surface area contributed by atoms with Gasteiger partial charge in [-0.2, -0.15) is 0 Å². The Labute approximate surface area is 146 Å². The van der Waals surface area contributed by atoms with E-state index in [2.05, 4.69) is 45.1 Å². The van der Waals surface area contributed by atoms with Crippen molar-refractivity contribution >= 4 is 12.3 Å². The van der Waals surface area contributed by atoms with Crippen LogP contribution in [0.2, 0.25) is 0 Å². The van der Waals surface area contributed by atoms with Gasteiger partial charge in [-0.25, -0.2) is 4.79 Å². The quantitative estimate of drug-likeness (QED) is 0.685. The summed E-state index contributed by atoms with van der Waals surface area (Å²) >= 11 is 0. The summed E-state index contributed by atoms with van der Waals surface area (Å²) < 4.78 is 0. The second-order valence-corrected chi connectivity index (χ2v) is 6.91. The van der Waals surface area contributed by atoms with Crippen LogP contribution in [0.25, 0.3) is 0 Å². The van der Waals surface area contributed by atoms with Crippen molar-refractivity contribution in [2.45, 2.75) is 72.5 Å². The first kappa shape index (κ1) is 20.2. The van der Waals surface area contributed by atoms with Crippen molar-refractivity contribution in [2.75, 3.05) is 0 Å². The van der Waals surface area contributed by atoms with Gasteiger partial charge in [-0.15, -0.1) is 0 Å². The number of benzene rings is 1. The van der Waals surface area contributed by atoms with Crippen molar-refractivity contribution in [3.8, 4) is 0 Å². The van der Waals surface area contributed by atoms with Crippen LogP contribution < -0.4 is 5.32 Å². The molecule has 0 spiro atoms. The van der Waals surface area contributed by atoms with Crippen LogP contribution in [-0.4, -0.2) is 29.3 Å². The van der Waals surface area contributed by atoms with Crippen LogP contribution in [0, 0.1) is 12.8 Å². The van der Waals surface area contributed by atoms with E-state index < -0.39 is 6.04 Å². The molecule has 2 amide bonds. The van der Waals surface area contributed by atoms with E-state index in [1.54, 1.807) is 6.92 Å². The molecule has 4 heteroatoms. The molecule has 1 aromatic rings. The minimum atomic E-state index is -0.475. The molecule has 0 saturated carbocycles. The first-order chi connectivity index (χ1) is 11.4. The normalized spacial score (nSPS) is 14.5.